The van der Waals surface area contributed by atoms with Crippen LogP contribution in [-0.2, 0) is 48.2 Å². The molecule has 0 aromatic rings. The molecular weight excluding hydrogens is 753 g/mol. The number of hydrogen-bond acceptors (Lipinski definition) is 14. The number of aliphatic hydroxyl groups is 1. The van der Waals surface area contributed by atoms with Crippen molar-refractivity contribution in [2.75, 3.05) is 40.4 Å². The van der Waals surface area contributed by atoms with Crippen molar-refractivity contribution in [3.63, 3.8) is 0 Å². The number of primary amides is 1. The summed E-state index contributed by atoms with van der Waals surface area (Å²) in [7, 11) is -7.57. The van der Waals surface area contributed by atoms with Crippen molar-refractivity contribution in [1.82, 2.24) is 15.5 Å². The Labute approximate surface area is 317 Å². The summed E-state index contributed by atoms with van der Waals surface area (Å²) in [5, 5.41) is 17.2. The molecule has 3 rings (SSSR count). The Morgan fingerprint density at radius 1 is 1.04 bits per heavy atom. The summed E-state index contributed by atoms with van der Waals surface area (Å²) in [6, 6.07) is 0. The summed E-state index contributed by atoms with van der Waals surface area (Å²) in [5.41, 5.74) is 5.73. The van der Waals surface area contributed by atoms with Crippen molar-refractivity contribution >= 4 is 32.8 Å². The minimum Gasteiger partial charge on any atom is -0.439 e. The first kappa shape index (κ1) is 45.2. The molecule has 2 amide bonds. The van der Waals surface area contributed by atoms with Crippen LogP contribution in [0.15, 0.2) is 58.5 Å². The number of likely N-dealkylation sites (tertiary alicyclic amines) is 1. The first-order chi connectivity index (χ1) is 25.2. The van der Waals surface area contributed by atoms with E-state index in [0.29, 0.717) is 12.1 Å². The highest BCUT2D eigenvalue weighted by molar-refractivity contribution is 7.81. The van der Waals surface area contributed by atoms with E-state index in [0.717, 1.165) is 32.0 Å². The fraction of sp³-hybridized carbons (Fsp3) is 0.647. The fourth-order valence-corrected chi connectivity index (χ4v) is 7.69. The Hall–Kier alpha value is -3.18. The highest BCUT2D eigenvalue weighted by atomic mass is 32.3. The third kappa shape index (κ3) is 13.8. The van der Waals surface area contributed by atoms with Gasteiger partial charge in [0.1, 0.15) is 18.3 Å². The second kappa shape index (κ2) is 20.1. The molecule has 306 valence electrons. The summed E-state index contributed by atoms with van der Waals surface area (Å²) in [5.74, 6) is -1.84. The molecule has 1 aliphatic carbocycles. The van der Waals surface area contributed by atoms with Crippen LogP contribution in [0.2, 0.25) is 0 Å². The Morgan fingerprint density at radius 3 is 2.26 bits per heavy atom. The summed E-state index contributed by atoms with van der Waals surface area (Å²) < 4.78 is 95.6. The summed E-state index contributed by atoms with van der Waals surface area (Å²) in [6.45, 7) is 9.06. The van der Waals surface area contributed by atoms with Gasteiger partial charge >= 0.3 is 26.9 Å². The monoisotopic (exact) mass is 806 g/mol. The van der Waals surface area contributed by atoms with E-state index in [4.69, 9.17) is 28.3 Å². The van der Waals surface area contributed by atoms with E-state index in [1.807, 2.05) is 0 Å². The van der Waals surface area contributed by atoms with Crippen molar-refractivity contribution in [3.8, 4) is 0 Å². The van der Waals surface area contributed by atoms with Crippen molar-refractivity contribution in [2.24, 2.45) is 17.6 Å². The van der Waals surface area contributed by atoms with Crippen LogP contribution in [-0.4, -0.2) is 125 Å². The van der Waals surface area contributed by atoms with Gasteiger partial charge in [-0.25, -0.2) is 13.2 Å². The number of rotatable bonds is 11. The molecule has 3 aliphatic rings. The third-order valence-electron chi connectivity index (χ3n) is 9.42. The number of carbonyl (C=O) groups is 2. The van der Waals surface area contributed by atoms with Crippen LogP contribution in [0.25, 0.3) is 0 Å². The highest BCUT2D eigenvalue weighted by Crippen LogP contribution is 2.35. The lowest BCUT2D eigenvalue weighted by Crippen LogP contribution is -2.44. The number of ether oxygens (including phenoxy) is 3. The van der Waals surface area contributed by atoms with Crippen molar-refractivity contribution in [3.05, 3.63) is 58.5 Å². The third-order valence-corrected chi connectivity index (χ3v) is 10.3. The van der Waals surface area contributed by atoms with Gasteiger partial charge in [-0.15, -0.1) is 0 Å². The van der Waals surface area contributed by atoms with Crippen LogP contribution in [0.3, 0.4) is 0 Å². The SMILES string of the molecule is CO[C@H]1/C=C/C=C(/C)C(=O)NC2=CC(OS(=O)(=O)O)C(NCCN3CCCC3)=C(C[C@@H](C)C[C@H](OC)[C@H](O)[C@@H](C)/C=C(\C)[C@H]1OC(N)=O)C2OS(=O)(=O)O. The van der Waals surface area contributed by atoms with E-state index in [1.54, 1.807) is 26.8 Å². The topological polar surface area (TPSA) is 263 Å². The number of methoxy groups -OCH3 is 2. The van der Waals surface area contributed by atoms with Gasteiger partial charge in [-0.2, -0.15) is 16.8 Å². The van der Waals surface area contributed by atoms with E-state index < -0.39 is 81.3 Å². The van der Waals surface area contributed by atoms with E-state index >= 15 is 0 Å². The second-order valence-corrected chi connectivity index (χ2v) is 15.8. The zero-order valence-electron chi connectivity index (χ0n) is 31.3. The number of nitrogens with zero attached hydrogens (tertiary/aromatic N) is 1. The largest absolute Gasteiger partial charge is 0.439 e. The zero-order chi connectivity index (χ0) is 40.4. The summed E-state index contributed by atoms with van der Waals surface area (Å²) >= 11 is 0. The normalized spacial score (nSPS) is 32.5. The van der Waals surface area contributed by atoms with Gasteiger partial charge in [0.05, 0.1) is 17.9 Å². The van der Waals surface area contributed by atoms with Crippen molar-refractivity contribution in [1.29, 1.82) is 0 Å². The van der Waals surface area contributed by atoms with Gasteiger partial charge in [-0.3, -0.25) is 13.9 Å². The molecule has 2 heterocycles. The Balaban J connectivity index is 2.24. The zero-order valence-corrected chi connectivity index (χ0v) is 33.0. The van der Waals surface area contributed by atoms with Crippen LogP contribution < -0.4 is 16.4 Å². The molecule has 0 aromatic carbocycles. The number of aliphatic hydroxyl groups excluding tert-OH is 1. The van der Waals surface area contributed by atoms with E-state index in [1.165, 1.54) is 39.4 Å². The van der Waals surface area contributed by atoms with Crippen LogP contribution in [0.1, 0.15) is 53.4 Å². The maximum atomic E-state index is 13.5. The smallest absolute Gasteiger partial charge is 0.405 e. The Bertz CT molecular complexity index is 1700. The molecule has 54 heavy (non-hydrogen) atoms. The maximum absolute atomic E-state index is 13.5. The fourth-order valence-electron chi connectivity index (χ4n) is 6.82. The summed E-state index contributed by atoms with van der Waals surface area (Å²) in [4.78, 5) is 27.6. The molecule has 18 nitrogen and oxygen atoms in total. The molecule has 0 spiro atoms. The minimum absolute atomic E-state index is 0.0268. The number of carbonyl (C=O) groups excluding carboxylic acids is 2. The number of nitrogens with two attached hydrogens (primary N) is 1. The molecule has 2 bridgehead atoms. The molecule has 8 atom stereocenters. The van der Waals surface area contributed by atoms with Gasteiger partial charge in [-0.05, 0) is 75.8 Å². The lowest BCUT2D eigenvalue weighted by atomic mass is 9.84. The Morgan fingerprint density at radius 2 is 1.69 bits per heavy atom. The minimum atomic E-state index is -5.21. The van der Waals surface area contributed by atoms with E-state index in [-0.39, 0.29) is 41.9 Å². The molecule has 2 aliphatic heterocycles. The van der Waals surface area contributed by atoms with Gasteiger partial charge in [0, 0.05) is 44.5 Å². The van der Waals surface area contributed by atoms with Gasteiger partial charge in [0.25, 0.3) is 5.91 Å². The molecule has 0 saturated carbocycles. The maximum Gasteiger partial charge on any atom is 0.405 e. The van der Waals surface area contributed by atoms with Crippen LogP contribution in [0.4, 0.5) is 4.79 Å². The average molecular weight is 807 g/mol. The summed E-state index contributed by atoms with van der Waals surface area (Å²) in [6.07, 6.45) is 0.936. The molecule has 20 heteroatoms. The first-order valence-electron chi connectivity index (χ1n) is 17.5. The van der Waals surface area contributed by atoms with Crippen molar-refractivity contribution in [2.45, 2.75) is 90.0 Å². The van der Waals surface area contributed by atoms with Gasteiger partial charge in [-0.1, -0.05) is 38.2 Å². The predicted molar refractivity (Wildman–Crippen MR) is 196 cm³/mol. The second-order valence-electron chi connectivity index (χ2n) is 13.7. The number of nitrogens with one attached hydrogen (secondary N) is 2. The molecular formula is C34H54N4O14S2. The van der Waals surface area contributed by atoms with Gasteiger partial charge < -0.3 is 40.6 Å². The molecule has 7 N–H and O–H groups in total. The van der Waals surface area contributed by atoms with Crippen LogP contribution in [0.5, 0.6) is 0 Å². The number of amides is 2. The molecule has 0 radical (unpaired) electrons. The molecule has 1 saturated heterocycles. The van der Waals surface area contributed by atoms with Gasteiger partial charge in [0.15, 0.2) is 6.10 Å². The number of hydrogen-bond donors (Lipinski definition) is 6. The molecule has 0 aromatic heterocycles. The Kier molecular flexibility index (Phi) is 16.8. The van der Waals surface area contributed by atoms with E-state index in [2.05, 4.69) is 15.5 Å². The number of fused-ring (bicyclic) bond motifs is 2. The van der Waals surface area contributed by atoms with Crippen LogP contribution in [0, 0.1) is 11.8 Å². The van der Waals surface area contributed by atoms with Crippen LogP contribution >= 0.6 is 0 Å². The standard InChI is InChI=1S/C34H54N4O14S2/c1-20-16-24-29(36-12-15-38-13-7-8-14-38)27(51-53(42,43)44)19-25(32(24)52-54(45,46)47)37-33(40)21(2)10-9-11-26(48-5)31(50-34(35)41)23(4)18-22(3)30(39)28(17-20)49-6/h9-11,18-20,22,26-28,30-32,36,39H,7-8,12-17H2,1-6H3,(H2,35,41)(H,37,40)(H,42,43,44)(H,45,46,47)/b11-9+,21-10-,23-18+/t20-,22+,26+,27?,28+,30-,31-,32?/m1/s1. The average Bonchev–Trinajstić information content (AvgIpc) is 3.59. The highest BCUT2D eigenvalue weighted by Gasteiger charge is 2.39. The van der Waals surface area contributed by atoms with Crippen molar-refractivity contribution < 1.29 is 63.2 Å². The lowest BCUT2D eigenvalue weighted by molar-refractivity contribution is -0.117. The lowest BCUT2D eigenvalue weighted by Gasteiger charge is -2.35. The molecule has 2 unspecified atom stereocenters. The quantitative estimate of drug-likeness (QED) is 0.128. The number of allylic oxidation sites excluding steroid dienone is 2. The first-order valence-corrected chi connectivity index (χ1v) is 20.2. The molecule has 1 fully saturated rings. The van der Waals surface area contributed by atoms with Gasteiger partial charge in [0.2, 0.25) is 0 Å². The predicted octanol–water partition coefficient (Wildman–Crippen LogP) is 1.69. The van der Waals surface area contributed by atoms with E-state index in [9.17, 15) is 40.6 Å².